The number of carbonyl (C=O) groups is 1. The Bertz CT molecular complexity index is 187. The molecule has 14 heavy (non-hydrogen) atoms. The van der Waals surface area contributed by atoms with Crippen LogP contribution < -0.4 is 5.32 Å². The molecule has 0 aromatic heterocycles. The van der Waals surface area contributed by atoms with Crippen molar-refractivity contribution in [2.24, 2.45) is 5.92 Å². The van der Waals surface area contributed by atoms with Crippen LogP contribution in [0.2, 0.25) is 0 Å². The molecule has 0 spiro atoms. The molecule has 0 aromatic carbocycles. The van der Waals surface area contributed by atoms with Crippen LogP contribution in [0.4, 0.5) is 0 Å². The molecule has 0 radical (unpaired) electrons. The number of piperidine rings is 1. The van der Waals surface area contributed by atoms with E-state index in [1.165, 1.54) is 19.4 Å². The van der Waals surface area contributed by atoms with Crippen LogP contribution in [0.1, 0.15) is 19.8 Å². The summed E-state index contributed by atoms with van der Waals surface area (Å²) < 4.78 is 0. The fourth-order valence-electron chi connectivity index (χ4n) is 1.89. The van der Waals surface area contributed by atoms with Crippen molar-refractivity contribution in [3.63, 3.8) is 0 Å². The SMILES string of the molecule is CC1CCCN(CCNC(=O)CCl)C1. The first-order valence-corrected chi connectivity index (χ1v) is 5.81. The van der Waals surface area contributed by atoms with Crippen molar-refractivity contribution in [3.8, 4) is 0 Å². The molecule has 1 saturated heterocycles. The summed E-state index contributed by atoms with van der Waals surface area (Å²) in [6, 6.07) is 0. The smallest absolute Gasteiger partial charge is 0.234 e. The predicted octanol–water partition coefficient (Wildman–Crippen LogP) is 1.07. The standard InChI is InChI=1S/C10H19ClN2O/c1-9-3-2-5-13(8-9)6-4-12-10(14)7-11/h9H,2-8H2,1H3,(H,12,14). The second-order valence-corrected chi connectivity index (χ2v) is 4.30. The van der Waals surface area contributed by atoms with Crippen LogP contribution in [0.5, 0.6) is 0 Å². The largest absolute Gasteiger partial charge is 0.354 e. The molecule has 1 fully saturated rings. The quantitative estimate of drug-likeness (QED) is 0.717. The highest BCUT2D eigenvalue weighted by Gasteiger charge is 2.15. The fraction of sp³-hybridized carbons (Fsp3) is 0.900. The lowest BCUT2D eigenvalue weighted by Crippen LogP contribution is -2.40. The second-order valence-electron chi connectivity index (χ2n) is 4.03. The third kappa shape index (κ3) is 4.29. The van der Waals surface area contributed by atoms with Crippen LogP contribution in [-0.4, -0.2) is 42.9 Å². The zero-order chi connectivity index (χ0) is 10.4. The minimum Gasteiger partial charge on any atom is -0.354 e. The summed E-state index contributed by atoms with van der Waals surface area (Å²) in [4.78, 5) is 13.3. The fourth-order valence-corrected chi connectivity index (χ4v) is 1.98. The summed E-state index contributed by atoms with van der Waals surface area (Å²) in [7, 11) is 0. The van der Waals surface area contributed by atoms with Crippen LogP contribution in [0.25, 0.3) is 0 Å². The Morgan fingerprint density at radius 3 is 3.07 bits per heavy atom. The van der Waals surface area contributed by atoms with Crippen LogP contribution in [0.3, 0.4) is 0 Å². The van der Waals surface area contributed by atoms with E-state index in [9.17, 15) is 4.79 Å². The number of likely N-dealkylation sites (tertiary alicyclic amines) is 1. The summed E-state index contributed by atoms with van der Waals surface area (Å²) in [5.74, 6) is 0.792. The maximum absolute atomic E-state index is 10.9. The number of hydrogen-bond acceptors (Lipinski definition) is 2. The number of carbonyl (C=O) groups excluding carboxylic acids is 1. The zero-order valence-electron chi connectivity index (χ0n) is 8.76. The first-order valence-electron chi connectivity index (χ1n) is 5.27. The van der Waals surface area contributed by atoms with E-state index in [4.69, 9.17) is 11.6 Å². The lowest BCUT2D eigenvalue weighted by atomic mass is 10.0. The molecule has 0 aromatic rings. The molecule has 4 heteroatoms. The molecular formula is C10H19ClN2O. The van der Waals surface area contributed by atoms with Gasteiger partial charge in [0.25, 0.3) is 0 Å². The molecule has 1 amide bonds. The van der Waals surface area contributed by atoms with E-state index >= 15 is 0 Å². The van der Waals surface area contributed by atoms with Crippen molar-refractivity contribution >= 4 is 17.5 Å². The van der Waals surface area contributed by atoms with E-state index in [0.29, 0.717) is 0 Å². The van der Waals surface area contributed by atoms with Gasteiger partial charge in [-0.05, 0) is 25.3 Å². The van der Waals surface area contributed by atoms with E-state index in [-0.39, 0.29) is 11.8 Å². The number of halogens is 1. The molecule has 1 atom stereocenters. The molecule has 1 aliphatic rings. The lowest BCUT2D eigenvalue weighted by molar-refractivity contribution is -0.118. The maximum Gasteiger partial charge on any atom is 0.234 e. The minimum absolute atomic E-state index is 0.0659. The van der Waals surface area contributed by atoms with Gasteiger partial charge in [0.1, 0.15) is 5.88 Å². The van der Waals surface area contributed by atoms with Crippen LogP contribution >= 0.6 is 11.6 Å². The topological polar surface area (TPSA) is 32.3 Å². The van der Waals surface area contributed by atoms with E-state index in [2.05, 4.69) is 17.1 Å². The number of hydrogen-bond donors (Lipinski definition) is 1. The summed E-state index contributed by atoms with van der Waals surface area (Å²) in [6.07, 6.45) is 2.62. The normalized spacial score (nSPS) is 23.4. The second kappa shape index (κ2) is 6.25. The van der Waals surface area contributed by atoms with Crippen molar-refractivity contribution in [3.05, 3.63) is 0 Å². The predicted molar refractivity (Wildman–Crippen MR) is 58.6 cm³/mol. The van der Waals surface area contributed by atoms with Gasteiger partial charge in [-0.15, -0.1) is 11.6 Å². The Kier molecular flexibility index (Phi) is 5.26. The van der Waals surface area contributed by atoms with Crippen LogP contribution in [0, 0.1) is 5.92 Å². The van der Waals surface area contributed by atoms with Gasteiger partial charge in [0.05, 0.1) is 0 Å². The van der Waals surface area contributed by atoms with Gasteiger partial charge in [0.2, 0.25) is 5.91 Å². The molecule has 0 saturated carbocycles. The van der Waals surface area contributed by atoms with Gasteiger partial charge in [-0.3, -0.25) is 4.79 Å². The molecule has 1 N–H and O–H groups in total. The van der Waals surface area contributed by atoms with Crippen LogP contribution in [0.15, 0.2) is 0 Å². The van der Waals surface area contributed by atoms with E-state index < -0.39 is 0 Å². The molecule has 82 valence electrons. The zero-order valence-corrected chi connectivity index (χ0v) is 9.52. The van der Waals surface area contributed by atoms with Gasteiger partial charge >= 0.3 is 0 Å². The molecular weight excluding hydrogens is 200 g/mol. The van der Waals surface area contributed by atoms with Crippen molar-refractivity contribution < 1.29 is 4.79 Å². The highest BCUT2D eigenvalue weighted by molar-refractivity contribution is 6.27. The molecule has 1 unspecified atom stereocenters. The first-order chi connectivity index (χ1) is 6.72. The lowest BCUT2D eigenvalue weighted by Gasteiger charge is -2.30. The third-order valence-electron chi connectivity index (χ3n) is 2.61. The summed E-state index contributed by atoms with van der Waals surface area (Å²) in [5.41, 5.74) is 0. The van der Waals surface area contributed by atoms with E-state index in [0.717, 1.165) is 25.6 Å². The highest BCUT2D eigenvalue weighted by Crippen LogP contribution is 2.14. The number of nitrogens with zero attached hydrogens (tertiary/aromatic N) is 1. The van der Waals surface area contributed by atoms with Gasteiger partial charge in [-0.1, -0.05) is 6.92 Å². The highest BCUT2D eigenvalue weighted by atomic mass is 35.5. The number of alkyl halides is 1. The minimum atomic E-state index is -0.0725. The summed E-state index contributed by atoms with van der Waals surface area (Å²) in [6.45, 7) is 6.28. The summed E-state index contributed by atoms with van der Waals surface area (Å²) >= 11 is 5.37. The first kappa shape index (κ1) is 11.8. The molecule has 1 rings (SSSR count). The van der Waals surface area contributed by atoms with Gasteiger partial charge in [-0.25, -0.2) is 0 Å². The van der Waals surface area contributed by atoms with Crippen molar-refractivity contribution in [2.75, 3.05) is 32.1 Å². The van der Waals surface area contributed by atoms with Gasteiger partial charge in [-0.2, -0.15) is 0 Å². The Morgan fingerprint density at radius 1 is 1.64 bits per heavy atom. The molecule has 1 heterocycles. The van der Waals surface area contributed by atoms with Crippen molar-refractivity contribution in [2.45, 2.75) is 19.8 Å². The molecule has 3 nitrogen and oxygen atoms in total. The Labute approximate surface area is 90.8 Å². The Balaban J connectivity index is 2.08. The number of nitrogens with one attached hydrogen (secondary N) is 1. The number of rotatable bonds is 4. The average Bonchev–Trinajstić information content (AvgIpc) is 2.17. The van der Waals surface area contributed by atoms with E-state index in [1.807, 2.05) is 0 Å². The maximum atomic E-state index is 10.9. The molecule has 0 aliphatic carbocycles. The van der Waals surface area contributed by atoms with E-state index in [1.54, 1.807) is 0 Å². The average molecular weight is 219 g/mol. The summed E-state index contributed by atoms with van der Waals surface area (Å²) in [5, 5.41) is 2.78. The van der Waals surface area contributed by atoms with Crippen molar-refractivity contribution in [1.29, 1.82) is 0 Å². The molecule has 0 bridgehead atoms. The van der Waals surface area contributed by atoms with Gasteiger partial charge in [0.15, 0.2) is 0 Å². The van der Waals surface area contributed by atoms with Crippen LogP contribution in [-0.2, 0) is 4.79 Å². The third-order valence-corrected chi connectivity index (χ3v) is 2.86. The Morgan fingerprint density at radius 2 is 2.43 bits per heavy atom. The van der Waals surface area contributed by atoms with Gasteiger partial charge < -0.3 is 10.2 Å². The van der Waals surface area contributed by atoms with Gasteiger partial charge in [0, 0.05) is 19.6 Å². The number of amides is 1. The molecule has 1 aliphatic heterocycles. The monoisotopic (exact) mass is 218 g/mol. The van der Waals surface area contributed by atoms with Crippen molar-refractivity contribution in [1.82, 2.24) is 10.2 Å². The Hall–Kier alpha value is -0.280.